The Balaban J connectivity index is 1.53. The fraction of sp³-hybridized carbons (Fsp3) is 0.516. The van der Waals surface area contributed by atoms with Gasteiger partial charge >= 0.3 is 5.91 Å². The van der Waals surface area contributed by atoms with Crippen LogP contribution in [0.2, 0.25) is 0 Å². The topological polar surface area (TPSA) is 57.9 Å². The van der Waals surface area contributed by atoms with Gasteiger partial charge in [0.2, 0.25) is 0 Å². The van der Waals surface area contributed by atoms with Crippen LogP contribution in [0.4, 0.5) is 0 Å². The maximum Gasteiger partial charge on any atom is 0.316 e. The second-order valence-electron chi connectivity index (χ2n) is 11.6. The Kier molecular flexibility index (Phi) is 6.72. The van der Waals surface area contributed by atoms with Crippen molar-refractivity contribution < 1.29 is 4.79 Å². The molecule has 6 heteroatoms. The monoisotopic (exact) mass is 498 g/mol. The third-order valence-corrected chi connectivity index (χ3v) is 9.08. The maximum absolute atomic E-state index is 12.3. The number of likely N-dealkylation sites (tertiary alicyclic amines) is 1. The highest BCUT2D eigenvalue weighted by molar-refractivity contribution is 6.01. The summed E-state index contributed by atoms with van der Waals surface area (Å²) in [6.07, 6.45) is 8.64. The van der Waals surface area contributed by atoms with Gasteiger partial charge in [-0.1, -0.05) is 49.6 Å². The van der Waals surface area contributed by atoms with Crippen LogP contribution in [0.15, 0.2) is 47.6 Å². The normalized spacial score (nSPS) is 22.0. The first-order chi connectivity index (χ1) is 18.1. The van der Waals surface area contributed by atoms with Gasteiger partial charge in [-0.3, -0.25) is 9.69 Å². The number of carbonyl (C=O) groups is 1. The Morgan fingerprint density at radius 1 is 1.05 bits per heavy atom. The molecule has 3 aromatic rings. The Morgan fingerprint density at radius 2 is 1.86 bits per heavy atom. The molecule has 0 spiro atoms. The van der Waals surface area contributed by atoms with Crippen LogP contribution in [0.1, 0.15) is 78.4 Å². The van der Waals surface area contributed by atoms with Crippen molar-refractivity contribution in [2.45, 2.75) is 63.5 Å². The summed E-state index contributed by atoms with van der Waals surface area (Å²) in [6.45, 7) is 4.28. The van der Waals surface area contributed by atoms with Crippen molar-refractivity contribution in [2.75, 3.05) is 33.7 Å². The van der Waals surface area contributed by atoms with Gasteiger partial charge in [0.25, 0.3) is 0 Å². The van der Waals surface area contributed by atoms with Crippen LogP contribution in [0.5, 0.6) is 0 Å². The number of amides is 1. The molecule has 2 fully saturated rings. The lowest BCUT2D eigenvalue weighted by Crippen LogP contribution is -2.29. The first-order valence-corrected chi connectivity index (χ1v) is 14.1. The first kappa shape index (κ1) is 24.5. The molecule has 0 N–H and O–H groups in total. The van der Waals surface area contributed by atoms with Crippen molar-refractivity contribution in [2.24, 2.45) is 11.1 Å². The second-order valence-corrected chi connectivity index (χ2v) is 11.6. The highest BCUT2D eigenvalue weighted by Crippen LogP contribution is 2.51. The van der Waals surface area contributed by atoms with Crippen molar-refractivity contribution in [3.05, 3.63) is 64.1 Å². The zero-order valence-corrected chi connectivity index (χ0v) is 22.2. The van der Waals surface area contributed by atoms with Gasteiger partial charge in [0.1, 0.15) is 0 Å². The lowest BCUT2D eigenvalue weighted by molar-refractivity contribution is 0.100. The van der Waals surface area contributed by atoms with Crippen LogP contribution >= 0.6 is 0 Å². The number of hydrogen-bond donors (Lipinski definition) is 0. The molecule has 2 atom stereocenters. The summed E-state index contributed by atoms with van der Waals surface area (Å²) in [5.74, 6) is 0.358. The smallest absolute Gasteiger partial charge is 0.316 e. The van der Waals surface area contributed by atoms with Crippen LogP contribution in [0.25, 0.3) is 22.2 Å². The number of nitroso groups, excluding NO2 is 1. The van der Waals surface area contributed by atoms with Gasteiger partial charge in [-0.2, -0.15) is 0 Å². The van der Waals surface area contributed by atoms with E-state index < -0.39 is 5.91 Å². The lowest BCUT2D eigenvalue weighted by atomic mass is 9.81. The number of aromatic nitrogens is 1. The minimum Gasteiger partial charge on any atom is -0.340 e. The SMILES string of the molecule is CN(C)CCCN1CC[C@H]2Cn3c(c(C4CCCCC4)c4ccc(C(=O)N=O)cc43)-c3ccccc3[C@@H]21. The minimum absolute atomic E-state index is 0.392. The van der Waals surface area contributed by atoms with Gasteiger partial charge in [0.15, 0.2) is 0 Å². The predicted molar refractivity (Wildman–Crippen MR) is 149 cm³/mol. The summed E-state index contributed by atoms with van der Waals surface area (Å²) in [7, 11) is 4.30. The molecule has 2 aliphatic heterocycles. The zero-order valence-electron chi connectivity index (χ0n) is 22.2. The van der Waals surface area contributed by atoms with Gasteiger partial charge in [-0.05, 0) is 94.5 Å². The van der Waals surface area contributed by atoms with E-state index in [0.717, 1.165) is 31.7 Å². The highest BCUT2D eigenvalue weighted by atomic mass is 16.3. The highest BCUT2D eigenvalue weighted by Gasteiger charge is 2.41. The van der Waals surface area contributed by atoms with Crippen molar-refractivity contribution >= 4 is 16.8 Å². The number of hydrogen-bond acceptors (Lipinski definition) is 4. The van der Waals surface area contributed by atoms with E-state index >= 15 is 0 Å². The summed E-state index contributed by atoms with van der Waals surface area (Å²) in [5, 5.41) is 3.97. The van der Waals surface area contributed by atoms with Crippen LogP contribution in [-0.2, 0) is 6.54 Å². The molecule has 2 aromatic carbocycles. The number of carbonyl (C=O) groups excluding carboxylic acids is 1. The number of rotatable bonds is 6. The van der Waals surface area contributed by atoms with Crippen molar-refractivity contribution in [3.63, 3.8) is 0 Å². The van der Waals surface area contributed by atoms with Crippen molar-refractivity contribution in [1.29, 1.82) is 0 Å². The minimum atomic E-state index is -0.684. The predicted octanol–water partition coefficient (Wildman–Crippen LogP) is 6.59. The van der Waals surface area contributed by atoms with Crippen LogP contribution < -0.4 is 0 Å². The van der Waals surface area contributed by atoms with Gasteiger partial charge in [-0.25, -0.2) is 0 Å². The standard InChI is InChI=1S/C31H38N4O2/c1-33(2)16-8-17-34-18-15-23-20-35-27-19-22(31(36)32-37)13-14-26(27)28(21-9-4-3-5-10-21)30(35)25-12-7-6-11-24(25)29(23)34/h6-7,11-14,19,21,23,29H,3-5,8-10,15-18,20H2,1-2H3/t23-,29+/m0/s1. The molecular weight excluding hydrogens is 460 g/mol. The quantitative estimate of drug-likeness (QED) is 0.360. The molecule has 194 valence electrons. The van der Waals surface area contributed by atoms with E-state index in [0.29, 0.717) is 23.4 Å². The number of nitrogens with zero attached hydrogens (tertiary/aromatic N) is 4. The Labute approximate surface area is 219 Å². The molecule has 37 heavy (non-hydrogen) atoms. The fourth-order valence-electron chi connectivity index (χ4n) is 7.46. The van der Waals surface area contributed by atoms with E-state index in [4.69, 9.17) is 0 Å². The molecule has 1 saturated carbocycles. The van der Waals surface area contributed by atoms with E-state index in [1.165, 1.54) is 72.7 Å². The van der Waals surface area contributed by atoms with Gasteiger partial charge in [-0.15, -0.1) is 4.91 Å². The van der Waals surface area contributed by atoms with Crippen molar-refractivity contribution in [3.8, 4) is 11.3 Å². The second kappa shape index (κ2) is 10.1. The molecule has 3 heterocycles. The van der Waals surface area contributed by atoms with Crippen LogP contribution in [0.3, 0.4) is 0 Å². The van der Waals surface area contributed by atoms with E-state index in [-0.39, 0.29) is 0 Å². The molecule has 3 aliphatic rings. The summed E-state index contributed by atoms with van der Waals surface area (Å²) in [5.41, 5.74) is 7.10. The lowest BCUT2D eigenvalue weighted by Gasteiger charge is -2.29. The number of fused-ring (bicyclic) bond motifs is 7. The summed E-state index contributed by atoms with van der Waals surface area (Å²) >= 11 is 0. The van der Waals surface area contributed by atoms with Crippen molar-refractivity contribution in [1.82, 2.24) is 14.4 Å². The maximum atomic E-state index is 12.3. The summed E-state index contributed by atoms with van der Waals surface area (Å²) < 4.78 is 2.51. The number of benzene rings is 2. The average molecular weight is 499 g/mol. The molecule has 1 aliphatic carbocycles. The Bertz CT molecular complexity index is 1320. The van der Waals surface area contributed by atoms with E-state index in [2.05, 4.69) is 64.0 Å². The van der Waals surface area contributed by atoms with Gasteiger partial charge in [0.05, 0.1) is 5.69 Å². The average Bonchev–Trinajstić information content (AvgIpc) is 3.42. The molecule has 1 amide bonds. The molecule has 1 aromatic heterocycles. The van der Waals surface area contributed by atoms with Crippen LogP contribution in [-0.4, -0.2) is 54.0 Å². The zero-order chi connectivity index (χ0) is 25.5. The molecular formula is C31H38N4O2. The Hall–Kier alpha value is -2.83. The molecule has 0 radical (unpaired) electrons. The molecule has 6 nitrogen and oxygen atoms in total. The van der Waals surface area contributed by atoms with E-state index in [1.807, 2.05) is 6.07 Å². The van der Waals surface area contributed by atoms with E-state index in [1.54, 1.807) is 6.07 Å². The Morgan fingerprint density at radius 3 is 2.65 bits per heavy atom. The third-order valence-electron chi connectivity index (χ3n) is 9.08. The molecule has 6 rings (SSSR count). The van der Waals surface area contributed by atoms with Gasteiger partial charge < -0.3 is 9.47 Å². The first-order valence-electron chi connectivity index (χ1n) is 14.1. The van der Waals surface area contributed by atoms with E-state index in [9.17, 15) is 9.70 Å². The summed E-state index contributed by atoms with van der Waals surface area (Å²) in [6, 6.07) is 15.3. The third kappa shape index (κ3) is 4.34. The molecule has 1 saturated heterocycles. The van der Waals surface area contributed by atoms with Crippen LogP contribution in [0, 0.1) is 10.8 Å². The fourth-order valence-corrected chi connectivity index (χ4v) is 7.46. The largest absolute Gasteiger partial charge is 0.340 e. The molecule has 0 unspecified atom stereocenters. The summed E-state index contributed by atoms with van der Waals surface area (Å²) in [4.78, 5) is 28.4. The van der Waals surface area contributed by atoms with Gasteiger partial charge in [0, 0.05) is 39.8 Å². The molecule has 0 bridgehead atoms.